The second-order valence-electron chi connectivity index (χ2n) is 8.52. The third kappa shape index (κ3) is 4.88. The molecular formula is C25H28Cl3N3O2. The minimum absolute atomic E-state index is 0.0173. The second kappa shape index (κ2) is 10.2. The van der Waals surface area contributed by atoms with Crippen molar-refractivity contribution in [1.29, 1.82) is 0 Å². The standard InChI is InChI=1S/C25H28Cl3N3O2/c1-3-30(4-2)10-9-29-21-12-16(15-5-7-19(27)20(28)11-15)13-23-24(21)25(32)18-14-17(26)6-8-22(18)31(23)33/h5,7-8,11,14,16-17,33H,3-4,6,9-10,12-13H2,1-2H3/b29-21+. The first kappa shape index (κ1) is 24.3. The molecule has 33 heavy (non-hydrogen) atoms. The Morgan fingerprint density at radius 1 is 1.18 bits per heavy atom. The van der Waals surface area contributed by atoms with Crippen molar-refractivity contribution in [1.82, 2.24) is 9.63 Å². The van der Waals surface area contributed by atoms with E-state index in [0.29, 0.717) is 57.7 Å². The molecule has 1 aromatic heterocycles. The summed E-state index contributed by atoms with van der Waals surface area (Å²) in [6.45, 7) is 7.54. The fourth-order valence-corrected chi connectivity index (χ4v) is 5.24. The van der Waals surface area contributed by atoms with Crippen LogP contribution in [0.5, 0.6) is 0 Å². The largest absolute Gasteiger partial charge is 0.428 e. The molecule has 0 fully saturated rings. The van der Waals surface area contributed by atoms with Gasteiger partial charge in [0.15, 0.2) is 5.43 Å². The molecule has 0 radical (unpaired) electrons. The molecule has 8 heteroatoms. The Hall–Kier alpha value is -1.79. The molecule has 2 atom stereocenters. The third-order valence-corrected chi connectivity index (χ3v) is 7.64. The SMILES string of the molecule is CCN(CC)CC/N=C1\CC(c2ccc(Cl)c(Cl)c2)Cc2c1c(=O)c1c(n2O)=CCC(Cl)C=1. The van der Waals surface area contributed by atoms with Gasteiger partial charge in [0.05, 0.1) is 38.6 Å². The number of hydrogen-bond acceptors (Lipinski definition) is 4. The summed E-state index contributed by atoms with van der Waals surface area (Å²) in [4.78, 5) is 20.7. The molecule has 1 heterocycles. The molecule has 0 saturated carbocycles. The fraction of sp³-hybridized carbons (Fsp3) is 0.440. The number of pyridine rings is 1. The lowest BCUT2D eigenvalue weighted by Crippen LogP contribution is -2.52. The number of aromatic nitrogens is 1. The Balaban J connectivity index is 1.84. The van der Waals surface area contributed by atoms with Crippen LogP contribution in [0, 0.1) is 0 Å². The van der Waals surface area contributed by atoms with E-state index in [1.807, 2.05) is 18.2 Å². The Bertz CT molecular complexity index is 1270. The van der Waals surface area contributed by atoms with Crippen LogP contribution in [0.3, 0.4) is 0 Å². The zero-order valence-corrected chi connectivity index (χ0v) is 21.1. The van der Waals surface area contributed by atoms with Crippen LogP contribution in [0.25, 0.3) is 12.2 Å². The summed E-state index contributed by atoms with van der Waals surface area (Å²) in [6, 6.07) is 5.60. The average Bonchev–Trinajstić information content (AvgIpc) is 2.81. The number of fused-ring (bicyclic) bond motifs is 2. The quantitative estimate of drug-likeness (QED) is 0.477. The summed E-state index contributed by atoms with van der Waals surface area (Å²) in [7, 11) is 0. The number of alkyl halides is 1. The van der Waals surface area contributed by atoms with Gasteiger partial charge in [-0.25, -0.2) is 0 Å². The van der Waals surface area contributed by atoms with Crippen LogP contribution in [0.4, 0.5) is 0 Å². The van der Waals surface area contributed by atoms with Crippen molar-refractivity contribution in [2.45, 2.75) is 44.4 Å². The van der Waals surface area contributed by atoms with Crippen molar-refractivity contribution in [3.05, 3.63) is 65.9 Å². The monoisotopic (exact) mass is 507 g/mol. The van der Waals surface area contributed by atoms with Crippen LogP contribution in [0.2, 0.25) is 10.0 Å². The number of nitrogens with zero attached hydrogens (tertiary/aromatic N) is 3. The number of likely N-dealkylation sites (N-methyl/N-ethyl adjacent to an activating group) is 1. The highest BCUT2D eigenvalue weighted by molar-refractivity contribution is 6.42. The van der Waals surface area contributed by atoms with Gasteiger partial charge in [0.25, 0.3) is 0 Å². The summed E-state index contributed by atoms with van der Waals surface area (Å²) in [5.41, 5.74) is 2.71. The molecule has 1 aromatic carbocycles. The van der Waals surface area contributed by atoms with Gasteiger partial charge in [0.1, 0.15) is 0 Å². The van der Waals surface area contributed by atoms with Crippen LogP contribution >= 0.6 is 34.8 Å². The molecule has 176 valence electrons. The van der Waals surface area contributed by atoms with Crippen LogP contribution in [-0.2, 0) is 6.42 Å². The minimum atomic E-state index is -0.265. The van der Waals surface area contributed by atoms with Gasteiger partial charge in [0, 0.05) is 17.5 Å². The summed E-state index contributed by atoms with van der Waals surface area (Å²) in [5.74, 6) is 0.0173. The zero-order valence-electron chi connectivity index (χ0n) is 18.8. The van der Waals surface area contributed by atoms with Crippen LogP contribution in [-0.4, -0.2) is 52.1 Å². The lowest BCUT2D eigenvalue weighted by Gasteiger charge is -2.28. The lowest BCUT2D eigenvalue weighted by molar-refractivity contribution is 0.162. The van der Waals surface area contributed by atoms with Gasteiger partial charge in [-0.05, 0) is 56.0 Å². The van der Waals surface area contributed by atoms with Crippen molar-refractivity contribution in [2.75, 3.05) is 26.2 Å². The second-order valence-corrected chi connectivity index (χ2v) is 9.89. The molecule has 1 N–H and O–H groups in total. The van der Waals surface area contributed by atoms with Gasteiger partial charge in [-0.2, -0.15) is 4.73 Å². The summed E-state index contributed by atoms with van der Waals surface area (Å²) in [6.07, 6.45) is 5.22. The molecule has 2 aliphatic rings. The van der Waals surface area contributed by atoms with Gasteiger partial charge in [-0.15, -0.1) is 11.6 Å². The maximum Gasteiger partial charge on any atom is 0.198 e. The first-order chi connectivity index (χ1) is 15.8. The molecule has 0 amide bonds. The molecule has 2 unspecified atom stereocenters. The molecule has 0 bridgehead atoms. The van der Waals surface area contributed by atoms with E-state index in [0.717, 1.165) is 35.6 Å². The molecule has 4 rings (SSSR count). The van der Waals surface area contributed by atoms with Crippen LogP contribution in [0.1, 0.15) is 49.4 Å². The van der Waals surface area contributed by atoms with E-state index in [2.05, 4.69) is 18.7 Å². The predicted molar refractivity (Wildman–Crippen MR) is 137 cm³/mol. The van der Waals surface area contributed by atoms with Gasteiger partial charge in [-0.1, -0.05) is 55.3 Å². The van der Waals surface area contributed by atoms with Gasteiger partial charge in [0.2, 0.25) is 0 Å². The Morgan fingerprint density at radius 3 is 2.64 bits per heavy atom. The van der Waals surface area contributed by atoms with Gasteiger partial charge in [-0.3, -0.25) is 9.79 Å². The fourth-order valence-electron chi connectivity index (χ4n) is 4.72. The highest BCUT2D eigenvalue weighted by atomic mass is 35.5. The van der Waals surface area contributed by atoms with Gasteiger partial charge >= 0.3 is 0 Å². The van der Waals surface area contributed by atoms with Crippen molar-refractivity contribution in [3.63, 3.8) is 0 Å². The highest BCUT2D eigenvalue weighted by Gasteiger charge is 2.31. The van der Waals surface area contributed by atoms with E-state index in [-0.39, 0.29) is 16.7 Å². The van der Waals surface area contributed by atoms with Crippen LogP contribution < -0.4 is 16.0 Å². The van der Waals surface area contributed by atoms with Crippen molar-refractivity contribution < 1.29 is 5.21 Å². The maximum absolute atomic E-state index is 13.6. The molecule has 0 aliphatic heterocycles. The smallest absolute Gasteiger partial charge is 0.198 e. The Morgan fingerprint density at radius 2 is 1.94 bits per heavy atom. The van der Waals surface area contributed by atoms with Crippen LogP contribution in [0.15, 0.2) is 28.0 Å². The van der Waals surface area contributed by atoms with Crippen molar-refractivity contribution in [3.8, 4) is 0 Å². The Labute approximate surface area is 208 Å². The van der Waals surface area contributed by atoms with E-state index in [4.69, 9.17) is 39.8 Å². The number of aliphatic imine (C=N–C) groups is 1. The highest BCUT2D eigenvalue weighted by Crippen LogP contribution is 2.34. The first-order valence-corrected chi connectivity index (χ1v) is 12.6. The minimum Gasteiger partial charge on any atom is -0.428 e. The molecule has 2 aliphatic carbocycles. The summed E-state index contributed by atoms with van der Waals surface area (Å²) >= 11 is 18.7. The normalized spacial score (nSPS) is 20.8. The molecule has 0 spiro atoms. The first-order valence-electron chi connectivity index (χ1n) is 11.4. The van der Waals surface area contributed by atoms with E-state index < -0.39 is 0 Å². The zero-order chi connectivity index (χ0) is 23.7. The number of halogens is 3. The van der Waals surface area contributed by atoms with E-state index in [9.17, 15) is 10.0 Å². The van der Waals surface area contributed by atoms with Gasteiger partial charge < -0.3 is 10.1 Å². The number of benzene rings is 1. The molecular weight excluding hydrogens is 481 g/mol. The summed E-state index contributed by atoms with van der Waals surface area (Å²) < 4.78 is 1.16. The third-order valence-electron chi connectivity index (χ3n) is 6.60. The molecule has 0 saturated heterocycles. The predicted octanol–water partition coefficient (Wildman–Crippen LogP) is 3.83. The summed E-state index contributed by atoms with van der Waals surface area (Å²) in [5, 5.41) is 12.8. The lowest BCUT2D eigenvalue weighted by atomic mass is 9.80. The van der Waals surface area contributed by atoms with Crippen molar-refractivity contribution >= 4 is 52.7 Å². The maximum atomic E-state index is 13.6. The average molecular weight is 509 g/mol. The number of rotatable bonds is 6. The van der Waals surface area contributed by atoms with E-state index in [1.165, 1.54) is 0 Å². The van der Waals surface area contributed by atoms with E-state index in [1.54, 1.807) is 12.1 Å². The number of hydrogen-bond donors (Lipinski definition) is 1. The molecule has 2 aromatic rings. The Kier molecular flexibility index (Phi) is 7.54. The topological polar surface area (TPSA) is 57.8 Å². The van der Waals surface area contributed by atoms with Crippen molar-refractivity contribution in [2.24, 2.45) is 4.99 Å². The van der Waals surface area contributed by atoms with E-state index >= 15 is 0 Å². The molecule has 5 nitrogen and oxygen atoms in total.